The molecule has 0 aromatic heterocycles. The summed E-state index contributed by atoms with van der Waals surface area (Å²) in [5.74, 6) is 5.31. The van der Waals surface area contributed by atoms with Crippen molar-refractivity contribution in [2.24, 2.45) is 5.41 Å². The summed E-state index contributed by atoms with van der Waals surface area (Å²) in [4.78, 5) is 24.0. The highest BCUT2D eigenvalue weighted by molar-refractivity contribution is 6.01. The standard InChI is InChI=1S/C28H46O3/c1-3-5-7-9-11-13-15-17-19-21-23-28(25-26(29)31-27(28)30)24-22-20-18-16-14-12-10-8-6-4-2/h21,23H,3-20,25H2,1-2H3. The lowest BCUT2D eigenvalue weighted by molar-refractivity contribution is -0.153. The minimum atomic E-state index is -1.04. The van der Waals surface area contributed by atoms with E-state index >= 15 is 0 Å². The van der Waals surface area contributed by atoms with Crippen molar-refractivity contribution >= 4 is 11.9 Å². The first-order chi connectivity index (χ1) is 15.1. The van der Waals surface area contributed by atoms with E-state index < -0.39 is 17.4 Å². The second-order valence-electron chi connectivity index (χ2n) is 9.10. The molecule has 3 heteroatoms. The lowest BCUT2D eigenvalue weighted by Gasteiger charge is -2.11. The lowest BCUT2D eigenvalue weighted by Crippen LogP contribution is -2.21. The molecule has 0 aromatic rings. The maximum atomic E-state index is 12.3. The first kappa shape index (κ1) is 27.5. The van der Waals surface area contributed by atoms with E-state index in [1.807, 2.05) is 12.2 Å². The van der Waals surface area contributed by atoms with Crippen molar-refractivity contribution in [1.29, 1.82) is 0 Å². The molecule has 1 fully saturated rings. The molecule has 0 aliphatic carbocycles. The first-order valence-electron chi connectivity index (χ1n) is 13.1. The van der Waals surface area contributed by atoms with Gasteiger partial charge in [-0.1, -0.05) is 122 Å². The molecule has 0 saturated carbocycles. The van der Waals surface area contributed by atoms with E-state index in [0.29, 0.717) is 0 Å². The van der Waals surface area contributed by atoms with E-state index in [2.05, 4.69) is 25.7 Å². The third kappa shape index (κ3) is 12.8. The number of carbonyl (C=O) groups is 2. The van der Waals surface area contributed by atoms with Gasteiger partial charge in [0.15, 0.2) is 5.41 Å². The van der Waals surface area contributed by atoms with Crippen LogP contribution in [0.15, 0.2) is 12.2 Å². The van der Waals surface area contributed by atoms with Gasteiger partial charge in [0.1, 0.15) is 0 Å². The van der Waals surface area contributed by atoms with E-state index in [1.54, 1.807) is 0 Å². The molecule has 176 valence electrons. The summed E-state index contributed by atoms with van der Waals surface area (Å²) in [7, 11) is 0. The highest BCUT2D eigenvalue weighted by Gasteiger charge is 2.46. The van der Waals surface area contributed by atoms with Crippen molar-refractivity contribution < 1.29 is 14.3 Å². The van der Waals surface area contributed by atoms with Gasteiger partial charge in [-0.2, -0.15) is 0 Å². The molecular formula is C28H46O3. The fourth-order valence-corrected chi connectivity index (χ4v) is 4.04. The largest absolute Gasteiger partial charge is 0.392 e. The number of ether oxygens (including phenoxy) is 1. The average Bonchev–Trinajstić information content (AvgIpc) is 3.04. The van der Waals surface area contributed by atoms with Crippen LogP contribution in [0.2, 0.25) is 0 Å². The molecule has 31 heavy (non-hydrogen) atoms. The molecular weight excluding hydrogens is 384 g/mol. The van der Waals surface area contributed by atoms with Crippen molar-refractivity contribution in [3.8, 4) is 11.8 Å². The Morgan fingerprint density at radius 2 is 1.29 bits per heavy atom. The predicted octanol–water partition coefficient (Wildman–Crippen LogP) is 8.07. The van der Waals surface area contributed by atoms with Gasteiger partial charge in [0.2, 0.25) is 0 Å². The molecule has 0 bridgehead atoms. The molecule has 1 unspecified atom stereocenters. The number of hydrogen-bond acceptors (Lipinski definition) is 3. The van der Waals surface area contributed by atoms with Crippen LogP contribution in [-0.2, 0) is 14.3 Å². The number of cyclic esters (lactones) is 2. The first-order valence-corrected chi connectivity index (χ1v) is 13.1. The zero-order valence-electron chi connectivity index (χ0n) is 20.3. The summed E-state index contributed by atoms with van der Waals surface area (Å²) in [5.41, 5.74) is -1.04. The Morgan fingerprint density at radius 3 is 1.81 bits per heavy atom. The topological polar surface area (TPSA) is 43.4 Å². The fraction of sp³-hybridized carbons (Fsp3) is 0.786. The van der Waals surface area contributed by atoms with Gasteiger partial charge in [0, 0.05) is 6.42 Å². The number of rotatable bonds is 18. The van der Waals surface area contributed by atoms with Crippen molar-refractivity contribution in [2.45, 2.75) is 136 Å². The zero-order chi connectivity index (χ0) is 22.6. The Labute approximate surface area is 191 Å². The molecule has 0 radical (unpaired) electrons. The quantitative estimate of drug-likeness (QED) is 0.0726. The normalized spacial score (nSPS) is 18.4. The van der Waals surface area contributed by atoms with Crippen LogP contribution in [0.1, 0.15) is 136 Å². The van der Waals surface area contributed by atoms with Crippen LogP contribution in [-0.4, -0.2) is 11.9 Å². The summed E-state index contributed by atoms with van der Waals surface area (Å²) in [6.07, 6.45) is 26.0. The maximum Gasteiger partial charge on any atom is 0.336 e. The zero-order valence-corrected chi connectivity index (χ0v) is 20.3. The van der Waals surface area contributed by atoms with Gasteiger partial charge < -0.3 is 4.74 Å². The lowest BCUT2D eigenvalue weighted by atomic mass is 9.86. The van der Waals surface area contributed by atoms with Crippen molar-refractivity contribution in [3.05, 3.63) is 12.2 Å². The van der Waals surface area contributed by atoms with Crippen molar-refractivity contribution in [1.82, 2.24) is 0 Å². The van der Waals surface area contributed by atoms with Gasteiger partial charge in [0.05, 0.1) is 6.42 Å². The summed E-state index contributed by atoms with van der Waals surface area (Å²) >= 11 is 0. The highest BCUT2D eigenvalue weighted by atomic mass is 16.6. The van der Waals surface area contributed by atoms with E-state index in [-0.39, 0.29) is 6.42 Å². The number of hydrogen-bond donors (Lipinski definition) is 0. The third-order valence-corrected chi connectivity index (χ3v) is 6.09. The number of esters is 2. The summed E-state index contributed by atoms with van der Waals surface area (Å²) in [6, 6.07) is 0. The molecule has 1 aliphatic heterocycles. The van der Waals surface area contributed by atoms with Crippen LogP contribution >= 0.6 is 0 Å². The minimum absolute atomic E-state index is 0.0597. The molecule has 1 aliphatic rings. The van der Waals surface area contributed by atoms with E-state index in [1.165, 1.54) is 89.9 Å². The Morgan fingerprint density at radius 1 is 0.774 bits per heavy atom. The van der Waals surface area contributed by atoms with Gasteiger partial charge in [0.25, 0.3) is 0 Å². The Hall–Kier alpha value is -1.56. The molecule has 0 amide bonds. The summed E-state index contributed by atoms with van der Waals surface area (Å²) < 4.78 is 4.83. The molecule has 0 spiro atoms. The average molecular weight is 431 g/mol. The van der Waals surface area contributed by atoms with Crippen LogP contribution in [0.5, 0.6) is 0 Å². The molecule has 1 heterocycles. The van der Waals surface area contributed by atoms with Gasteiger partial charge in [-0.15, -0.1) is 5.92 Å². The van der Waals surface area contributed by atoms with Crippen LogP contribution in [0.25, 0.3) is 0 Å². The van der Waals surface area contributed by atoms with Crippen LogP contribution in [0.3, 0.4) is 0 Å². The number of unbranched alkanes of at least 4 members (excludes halogenated alkanes) is 16. The van der Waals surface area contributed by atoms with E-state index in [0.717, 1.165) is 25.7 Å². The molecule has 1 atom stereocenters. The molecule has 1 rings (SSSR count). The van der Waals surface area contributed by atoms with Gasteiger partial charge in [-0.3, -0.25) is 4.79 Å². The number of carbonyl (C=O) groups excluding carboxylic acids is 2. The van der Waals surface area contributed by atoms with Gasteiger partial charge >= 0.3 is 11.9 Å². The summed E-state index contributed by atoms with van der Waals surface area (Å²) in [5, 5.41) is 0. The molecule has 1 saturated heterocycles. The molecule has 0 aromatic carbocycles. The maximum absolute atomic E-state index is 12.3. The smallest absolute Gasteiger partial charge is 0.336 e. The summed E-state index contributed by atoms with van der Waals surface area (Å²) in [6.45, 7) is 4.48. The SMILES string of the molecule is CCCCCCCCCCC#CC1(C=CCCCCCCCCCC)CC(=O)OC1=O. The van der Waals surface area contributed by atoms with Crippen LogP contribution < -0.4 is 0 Å². The number of allylic oxidation sites excluding steroid dienone is 1. The Balaban J connectivity index is 2.30. The molecule has 0 N–H and O–H groups in total. The third-order valence-electron chi connectivity index (χ3n) is 6.09. The van der Waals surface area contributed by atoms with Crippen molar-refractivity contribution in [2.75, 3.05) is 0 Å². The monoisotopic (exact) mass is 430 g/mol. The van der Waals surface area contributed by atoms with Crippen LogP contribution in [0.4, 0.5) is 0 Å². The Bertz CT molecular complexity index is 581. The van der Waals surface area contributed by atoms with Crippen molar-refractivity contribution in [3.63, 3.8) is 0 Å². The second kappa shape index (κ2) is 18.1. The van der Waals surface area contributed by atoms with E-state index in [4.69, 9.17) is 4.74 Å². The van der Waals surface area contributed by atoms with Gasteiger partial charge in [-0.05, 0) is 19.3 Å². The molecule has 3 nitrogen and oxygen atoms in total. The fourth-order valence-electron chi connectivity index (χ4n) is 4.04. The highest BCUT2D eigenvalue weighted by Crippen LogP contribution is 2.32. The van der Waals surface area contributed by atoms with Gasteiger partial charge in [-0.25, -0.2) is 4.79 Å². The second-order valence-corrected chi connectivity index (χ2v) is 9.10. The Kier molecular flexibility index (Phi) is 16.0. The predicted molar refractivity (Wildman–Crippen MR) is 130 cm³/mol. The van der Waals surface area contributed by atoms with E-state index in [9.17, 15) is 9.59 Å². The minimum Gasteiger partial charge on any atom is -0.392 e. The van der Waals surface area contributed by atoms with Crippen LogP contribution in [0, 0.1) is 17.3 Å².